The molecule has 32 heavy (non-hydrogen) atoms. The normalized spacial score (nSPS) is 11.3. The summed E-state index contributed by atoms with van der Waals surface area (Å²) in [5, 5.41) is 22.6. The molecular weight excluding hydrogens is 429 g/mol. The maximum absolute atomic E-state index is 13.0. The highest BCUT2D eigenvalue weighted by atomic mass is 19.2. The van der Waals surface area contributed by atoms with E-state index >= 15 is 0 Å². The molecule has 2 amide bonds. The zero-order chi connectivity index (χ0) is 23.6. The molecular formula is C20H21FN6O5. The van der Waals surface area contributed by atoms with Gasteiger partial charge in [-0.25, -0.2) is 9.37 Å². The van der Waals surface area contributed by atoms with Gasteiger partial charge in [-0.15, -0.1) is 10.2 Å². The Hall–Kier alpha value is -4.09. The highest BCUT2D eigenvalue weighted by Crippen LogP contribution is 2.20. The predicted octanol–water partition coefficient (Wildman–Crippen LogP) is 0.912. The van der Waals surface area contributed by atoms with Crippen LogP contribution in [0.1, 0.15) is 52.3 Å². The summed E-state index contributed by atoms with van der Waals surface area (Å²) in [5.74, 6) is -2.88. The van der Waals surface area contributed by atoms with Crippen molar-refractivity contribution in [2.75, 3.05) is 0 Å². The summed E-state index contributed by atoms with van der Waals surface area (Å²) in [6, 6.07) is 5.44. The van der Waals surface area contributed by atoms with Gasteiger partial charge in [-0.05, 0) is 31.5 Å². The van der Waals surface area contributed by atoms with Crippen molar-refractivity contribution in [3.8, 4) is 5.75 Å². The first kappa shape index (κ1) is 22.6. The number of nitrogens with zero attached hydrogens (tertiary/aromatic N) is 4. The molecule has 0 radical (unpaired) electrons. The number of nitrogens with one attached hydrogen (secondary N) is 2. The Morgan fingerprint density at radius 1 is 1.19 bits per heavy atom. The van der Waals surface area contributed by atoms with Crippen LogP contribution >= 0.6 is 0 Å². The van der Waals surface area contributed by atoms with E-state index in [1.54, 1.807) is 13.8 Å². The van der Waals surface area contributed by atoms with Crippen LogP contribution in [0.5, 0.6) is 5.75 Å². The molecule has 2 aromatic heterocycles. The summed E-state index contributed by atoms with van der Waals surface area (Å²) in [6.45, 7) is 4.64. The van der Waals surface area contributed by atoms with E-state index in [2.05, 4.69) is 25.8 Å². The van der Waals surface area contributed by atoms with Crippen molar-refractivity contribution in [1.29, 1.82) is 0 Å². The number of carbonyl (C=O) groups excluding carboxylic acids is 2. The smallest absolute Gasteiger partial charge is 0.309 e. The lowest BCUT2D eigenvalue weighted by molar-refractivity contribution is 0.0869. The van der Waals surface area contributed by atoms with Crippen molar-refractivity contribution in [3.63, 3.8) is 0 Å². The quantitative estimate of drug-likeness (QED) is 0.501. The number of carbonyl (C=O) groups is 2. The van der Waals surface area contributed by atoms with E-state index in [1.807, 2.05) is 0 Å². The first-order valence-corrected chi connectivity index (χ1v) is 9.45. The second kappa shape index (κ2) is 8.57. The molecule has 0 atom stereocenters. The number of amides is 2. The molecule has 168 valence electrons. The van der Waals surface area contributed by atoms with Crippen molar-refractivity contribution >= 4 is 11.8 Å². The topological polar surface area (TPSA) is 152 Å². The van der Waals surface area contributed by atoms with E-state index in [1.165, 1.54) is 38.2 Å². The number of rotatable bonds is 6. The van der Waals surface area contributed by atoms with E-state index in [0.29, 0.717) is 5.56 Å². The van der Waals surface area contributed by atoms with Crippen LogP contribution in [-0.2, 0) is 19.1 Å². The molecule has 3 rings (SSSR count). The van der Waals surface area contributed by atoms with E-state index in [4.69, 9.17) is 4.42 Å². The standard InChI is InChI=1S/C20H21FN6O5/c1-10-25-26-17(32-10)16(30)24-20(2,3)19-23-13(14(28)18(31)27(19)4)15(29)22-9-11-5-7-12(21)8-6-11/h5-8,28H,9H2,1-4H3,(H,22,29)(H,24,30)/i5+1,6+1,7+1,8+1,11+1,12+1. The minimum atomic E-state index is -1.27. The first-order valence-electron chi connectivity index (χ1n) is 9.45. The first-order chi connectivity index (χ1) is 15.0. The highest BCUT2D eigenvalue weighted by Gasteiger charge is 2.32. The molecule has 12 heteroatoms. The molecule has 3 aromatic rings. The maximum atomic E-state index is 13.0. The summed E-state index contributed by atoms with van der Waals surface area (Å²) in [5.41, 5.74) is -2.06. The Morgan fingerprint density at radius 2 is 1.84 bits per heavy atom. The molecule has 0 aliphatic heterocycles. The summed E-state index contributed by atoms with van der Waals surface area (Å²) < 4.78 is 19.1. The second-order valence-corrected chi connectivity index (χ2v) is 7.51. The van der Waals surface area contributed by atoms with Gasteiger partial charge in [0, 0.05) is 20.5 Å². The molecule has 0 saturated carbocycles. The average molecular weight is 450 g/mol. The van der Waals surface area contributed by atoms with Crippen LogP contribution in [0.2, 0.25) is 0 Å². The molecule has 0 unspecified atom stereocenters. The lowest BCUT2D eigenvalue weighted by Crippen LogP contribution is -2.46. The lowest BCUT2D eigenvalue weighted by Gasteiger charge is -2.27. The Morgan fingerprint density at radius 3 is 2.44 bits per heavy atom. The Labute approximate surface area is 181 Å². The van der Waals surface area contributed by atoms with Crippen molar-refractivity contribution in [1.82, 2.24) is 30.4 Å². The van der Waals surface area contributed by atoms with Gasteiger partial charge in [0.2, 0.25) is 11.6 Å². The predicted molar refractivity (Wildman–Crippen MR) is 108 cm³/mol. The van der Waals surface area contributed by atoms with Crippen LogP contribution in [0.25, 0.3) is 0 Å². The second-order valence-electron chi connectivity index (χ2n) is 7.51. The van der Waals surface area contributed by atoms with Gasteiger partial charge in [0.15, 0.2) is 5.69 Å². The summed E-state index contributed by atoms with van der Waals surface area (Å²) in [4.78, 5) is 41.7. The molecule has 0 spiro atoms. The molecule has 3 N–H and O–H groups in total. The Balaban J connectivity index is 1.88. The SMILES string of the molecule is Cc1nnc(C(=O)NC(C)(C)c2nc(C(=O)NC[13c]3[13cH][13cH][13c](F)[13cH][13cH]3)c(O)c(=O)n2C)o1. The third-order valence-electron chi connectivity index (χ3n) is 4.55. The zero-order valence-electron chi connectivity index (χ0n) is 17.8. The van der Waals surface area contributed by atoms with E-state index in [9.17, 15) is 23.9 Å². The maximum Gasteiger partial charge on any atom is 0.309 e. The highest BCUT2D eigenvalue weighted by molar-refractivity contribution is 5.94. The molecule has 11 nitrogen and oxygen atoms in total. The van der Waals surface area contributed by atoms with Gasteiger partial charge in [-0.1, -0.05) is 12.1 Å². The molecule has 0 aliphatic rings. The van der Waals surface area contributed by atoms with Crippen LogP contribution in [0.3, 0.4) is 0 Å². The van der Waals surface area contributed by atoms with Crippen LogP contribution in [0.15, 0.2) is 33.5 Å². The fraction of sp³-hybridized carbons (Fsp3) is 0.300. The fourth-order valence-corrected chi connectivity index (χ4v) is 2.96. The largest absolute Gasteiger partial charge is 0.501 e. The van der Waals surface area contributed by atoms with Crippen molar-refractivity contribution in [2.24, 2.45) is 7.05 Å². The molecule has 2 heterocycles. The van der Waals surface area contributed by atoms with Gasteiger partial charge in [0.05, 0.1) is 5.54 Å². The minimum absolute atomic E-state index is 0.00294. The van der Waals surface area contributed by atoms with Crippen molar-refractivity contribution in [3.05, 3.63) is 69.3 Å². The Kier molecular flexibility index (Phi) is 6.05. The third-order valence-corrected chi connectivity index (χ3v) is 4.55. The molecule has 0 fully saturated rings. The zero-order valence-corrected chi connectivity index (χ0v) is 17.8. The van der Waals surface area contributed by atoms with E-state index in [-0.39, 0.29) is 24.2 Å². The number of aromatic hydroxyl groups is 1. The summed E-state index contributed by atoms with van der Waals surface area (Å²) >= 11 is 0. The van der Waals surface area contributed by atoms with Gasteiger partial charge in [-0.2, -0.15) is 0 Å². The van der Waals surface area contributed by atoms with Crippen LogP contribution in [0.4, 0.5) is 4.39 Å². The number of aromatic nitrogens is 4. The average Bonchev–Trinajstić information content (AvgIpc) is 3.17. The van der Waals surface area contributed by atoms with Crippen LogP contribution < -0.4 is 16.2 Å². The minimum Gasteiger partial charge on any atom is -0.501 e. The van der Waals surface area contributed by atoms with Gasteiger partial charge in [0.1, 0.15) is 11.6 Å². The van der Waals surface area contributed by atoms with Gasteiger partial charge >= 0.3 is 11.8 Å². The third kappa shape index (κ3) is 4.63. The lowest BCUT2D eigenvalue weighted by atomic mass is 10.0. The number of aryl methyl sites for hydroxylation is 1. The molecule has 0 bridgehead atoms. The molecule has 1 aromatic carbocycles. The number of hydrogen-bond acceptors (Lipinski definition) is 8. The fourth-order valence-electron chi connectivity index (χ4n) is 2.96. The number of benzene rings is 1. The Bertz CT molecular complexity index is 1230. The molecule has 0 aliphatic carbocycles. The van der Waals surface area contributed by atoms with E-state index in [0.717, 1.165) is 4.57 Å². The van der Waals surface area contributed by atoms with Gasteiger partial charge < -0.3 is 20.2 Å². The number of halogens is 1. The monoisotopic (exact) mass is 450 g/mol. The van der Waals surface area contributed by atoms with Crippen molar-refractivity contribution < 1.29 is 23.5 Å². The summed E-state index contributed by atoms with van der Waals surface area (Å²) in [6.07, 6.45) is 0. The van der Waals surface area contributed by atoms with Crippen molar-refractivity contribution in [2.45, 2.75) is 32.9 Å². The van der Waals surface area contributed by atoms with Gasteiger partial charge in [0.25, 0.3) is 11.5 Å². The molecule has 0 saturated heterocycles. The van der Waals surface area contributed by atoms with Gasteiger partial charge in [-0.3, -0.25) is 19.0 Å². The summed E-state index contributed by atoms with van der Waals surface area (Å²) in [7, 11) is 1.34. The van der Waals surface area contributed by atoms with Crippen LogP contribution in [0, 0.1) is 12.7 Å². The number of hydrogen-bond donors (Lipinski definition) is 3. The van der Waals surface area contributed by atoms with E-state index < -0.39 is 40.2 Å². The van der Waals surface area contributed by atoms with Crippen LogP contribution in [-0.4, -0.2) is 36.7 Å².